The SMILES string of the molecule is CCCCCC(=O)OC(CC1CCCCC1)OOC(C)C. The van der Waals surface area contributed by atoms with Crippen LogP contribution in [0.15, 0.2) is 0 Å². The largest absolute Gasteiger partial charge is 0.433 e. The Morgan fingerprint density at radius 3 is 2.43 bits per heavy atom. The summed E-state index contributed by atoms with van der Waals surface area (Å²) in [6.45, 7) is 5.93. The van der Waals surface area contributed by atoms with Gasteiger partial charge in [0, 0.05) is 12.8 Å². The van der Waals surface area contributed by atoms with Gasteiger partial charge in [0.05, 0.1) is 6.10 Å². The topological polar surface area (TPSA) is 44.8 Å². The zero-order valence-electron chi connectivity index (χ0n) is 13.9. The summed E-state index contributed by atoms with van der Waals surface area (Å²) in [6.07, 6.45) is 9.97. The van der Waals surface area contributed by atoms with E-state index < -0.39 is 6.29 Å². The molecule has 21 heavy (non-hydrogen) atoms. The van der Waals surface area contributed by atoms with Gasteiger partial charge in [0.15, 0.2) is 0 Å². The molecule has 0 heterocycles. The van der Waals surface area contributed by atoms with Crippen molar-refractivity contribution >= 4 is 5.97 Å². The second-order valence-electron chi connectivity index (χ2n) is 6.36. The molecule has 0 aromatic carbocycles. The van der Waals surface area contributed by atoms with Gasteiger partial charge in [-0.3, -0.25) is 4.79 Å². The molecular formula is C17H32O4. The zero-order valence-corrected chi connectivity index (χ0v) is 13.9. The van der Waals surface area contributed by atoms with Crippen molar-refractivity contribution in [2.24, 2.45) is 5.92 Å². The second-order valence-corrected chi connectivity index (χ2v) is 6.36. The molecule has 0 aromatic rings. The first-order valence-corrected chi connectivity index (χ1v) is 8.63. The summed E-state index contributed by atoms with van der Waals surface area (Å²) in [7, 11) is 0. The number of carbonyl (C=O) groups is 1. The molecule has 0 bridgehead atoms. The van der Waals surface area contributed by atoms with Crippen molar-refractivity contribution in [1.82, 2.24) is 0 Å². The van der Waals surface area contributed by atoms with E-state index in [0.717, 1.165) is 25.7 Å². The molecule has 0 saturated heterocycles. The Hall–Kier alpha value is -0.610. The fraction of sp³-hybridized carbons (Fsp3) is 0.941. The Bertz CT molecular complexity index is 272. The van der Waals surface area contributed by atoms with E-state index in [1.165, 1.54) is 32.1 Å². The van der Waals surface area contributed by atoms with Crippen LogP contribution in [-0.4, -0.2) is 18.4 Å². The number of hydrogen-bond donors (Lipinski definition) is 0. The maximum Gasteiger partial charge on any atom is 0.308 e. The number of esters is 1. The fourth-order valence-electron chi connectivity index (χ4n) is 2.70. The zero-order chi connectivity index (χ0) is 15.5. The van der Waals surface area contributed by atoms with Crippen LogP contribution in [0.5, 0.6) is 0 Å². The predicted octanol–water partition coefficient (Wildman–Crippen LogP) is 4.76. The number of ether oxygens (including phenoxy) is 1. The van der Waals surface area contributed by atoms with Gasteiger partial charge in [0.25, 0.3) is 0 Å². The van der Waals surface area contributed by atoms with E-state index in [4.69, 9.17) is 14.5 Å². The minimum absolute atomic E-state index is 0.0300. The molecule has 1 saturated carbocycles. The van der Waals surface area contributed by atoms with E-state index in [1.807, 2.05) is 13.8 Å². The van der Waals surface area contributed by atoms with Crippen molar-refractivity contribution in [1.29, 1.82) is 0 Å². The third-order valence-electron chi connectivity index (χ3n) is 3.85. The van der Waals surface area contributed by atoms with Crippen LogP contribution < -0.4 is 0 Å². The van der Waals surface area contributed by atoms with Crippen molar-refractivity contribution in [3.05, 3.63) is 0 Å². The van der Waals surface area contributed by atoms with Crippen molar-refractivity contribution in [3.8, 4) is 0 Å². The third-order valence-corrected chi connectivity index (χ3v) is 3.85. The summed E-state index contributed by atoms with van der Waals surface area (Å²) < 4.78 is 5.46. The lowest BCUT2D eigenvalue weighted by atomic mass is 9.87. The average Bonchev–Trinajstić information content (AvgIpc) is 2.46. The number of rotatable bonds is 10. The highest BCUT2D eigenvalue weighted by Crippen LogP contribution is 2.28. The van der Waals surface area contributed by atoms with Gasteiger partial charge < -0.3 is 4.74 Å². The van der Waals surface area contributed by atoms with Gasteiger partial charge in [0.1, 0.15) is 0 Å². The number of carbonyl (C=O) groups excluding carboxylic acids is 1. The summed E-state index contributed by atoms with van der Waals surface area (Å²) in [5.74, 6) is 0.416. The average molecular weight is 300 g/mol. The van der Waals surface area contributed by atoms with Crippen LogP contribution in [0.4, 0.5) is 0 Å². The molecule has 1 aliphatic carbocycles. The first kappa shape index (κ1) is 18.4. The van der Waals surface area contributed by atoms with Gasteiger partial charge >= 0.3 is 5.97 Å². The molecule has 0 amide bonds. The summed E-state index contributed by atoms with van der Waals surface area (Å²) in [6, 6.07) is 0. The monoisotopic (exact) mass is 300 g/mol. The molecule has 1 unspecified atom stereocenters. The molecule has 0 aromatic heterocycles. The molecule has 0 radical (unpaired) electrons. The highest BCUT2D eigenvalue weighted by molar-refractivity contribution is 5.69. The van der Waals surface area contributed by atoms with Crippen LogP contribution in [0, 0.1) is 5.92 Å². The molecule has 4 nitrogen and oxygen atoms in total. The molecule has 0 spiro atoms. The lowest BCUT2D eigenvalue weighted by Crippen LogP contribution is -2.26. The normalized spacial score (nSPS) is 17.9. The molecule has 4 heteroatoms. The Balaban J connectivity index is 2.36. The minimum Gasteiger partial charge on any atom is -0.433 e. The summed E-state index contributed by atoms with van der Waals surface area (Å²) in [5.41, 5.74) is 0. The van der Waals surface area contributed by atoms with E-state index in [9.17, 15) is 4.79 Å². The number of unbranched alkanes of at least 4 members (excludes halogenated alkanes) is 2. The highest BCUT2D eigenvalue weighted by Gasteiger charge is 2.23. The molecular weight excluding hydrogens is 268 g/mol. The van der Waals surface area contributed by atoms with E-state index in [2.05, 4.69) is 6.92 Å². The smallest absolute Gasteiger partial charge is 0.308 e. The quantitative estimate of drug-likeness (QED) is 0.192. The van der Waals surface area contributed by atoms with Crippen LogP contribution in [0.1, 0.15) is 85.0 Å². The van der Waals surface area contributed by atoms with Crippen LogP contribution in [0.2, 0.25) is 0 Å². The Labute approximate surface area is 129 Å². The van der Waals surface area contributed by atoms with Gasteiger partial charge in [-0.15, -0.1) is 0 Å². The van der Waals surface area contributed by atoms with E-state index in [1.54, 1.807) is 0 Å². The van der Waals surface area contributed by atoms with Crippen molar-refractivity contribution < 1.29 is 19.3 Å². The van der Waals surface area contributed by atoms with Gasteiger partial charge in [-0.1, -0.05) is 51.9 Å². The van der Waals surface area contributed by atoms with Crippen molar-refractivity contribution in [2.75, 3.05) is 0 Å². The van der Waals surface area contributed by atoms with Crippen LogP contribution in [-0.2, 0) is 19.3 Å². The molecule has 1 fully saturated rings. The fourth-order valence-corrected chi connectivity index (χ4v) is 2.70. The van der Waals surface area contributed by atoms with Crippen LogP contribution >= 0.6 is 0 Å². The maximum atomic E-state index is 11.9. The molecule has 1 atom stereocenters. The van der Waals surface area contributed by atoms with Gasteiger partial charge in [-0.25, -0.2) is 4.89 Å². The lowest BCUT2D eigenvalue weighted by molar-refractivity contribution is -0.389. The first-order chi connectivity index (χ1) is 10.1. The Morgan fingerprint density at radius 2 is 1.81 bits per heavy atom. The van der Waals surface area contributed by atoms with E-state index >= 15 is 0 Å². The minimum atomic E-state index is -0.551. The van der Waals surface area contributed by atoms with Crippen LogP contribution in [0.3, 0.4) is 0 Å². The first-order valence-electron chi connectivity index (χ1n) is 8.63. The van der Waals surface area contributed by atoms with Crippen molar-refractivity contribution in [3.63, 3.8) is 0 Å². The molecule has 1 rings (SSSR count). The summed E-state index contributed by atoms with van der Waals surface area (Å²) in [5, 5.41) is 0. The number of hydrogen-bond acceptors (Lipinski definition) is 4. The molecule has 0 aliphatic heterocycles. The predicted molar refractivity (Wildman–Crippen MR) is 82.5 cm³/mol. The maximum absolute atomic E-state index is 11.9. The molecule has 0 N–H and O–H groups in total. The van der Waals surface area contributed by atoms with Gasteiger partial charge in [0.2, 0.25) is 6.29 Å². The second kappa shape index (κ2) is 11.0. The third kappa shape index (κ3) is 9.10. The van der Waals surface area contributed by atoms with Gasteiger partial charge in [-0.05, 0) is 26.2 Å². The van der Waals surface area contributed by atoms with E-state index in [0.29, 0.717) is 12.3 Å². The Kier molecular flexibility index (Phi) is 9.68. The Morgan fingerprint density at radius 1 is 1.10 bits per heavy atom. The van der Waals surface area contributed by atoms with E-state index in [-0.39, 0.29) is 12.1 Å². The van der Waals surface area contributed by atoms with Crippen LogP contribution in [0.25, 0.3) is 0 Å². The molecule has 124 valence electrons. The highest BCUT2D eigenvalue weighted by atomic mass is 17.2. The summed E-state index contributed by atoms with van der Waals surface area (Å²) >= 11 is 0. The standard InChI is InChI=1S/C17H32O4/c1-4-5-7-12-16(18)19-17(21-20-14(2)3)13-15-10-8-6-9-11-15/h14-15,17H,4-13H2,1-3H3. The molecule has 1 aliphatic rings. The van der Waals surface area contributed by atoms with Crippen molar-refractivity contribution in [2.45, 2.75) is 97.4 Å². The summed E-state index contributed by atoms with van der Waals surface area (Å²) in [4.78, 5) is 22.4. The van der Waals surface area contributed by atoms with Gasteiger partial charge in [-0.2, -0.15) is 4.89 Å². The lowest BCUT2D eigenvalue weighted by Gasteiger charge is -2.26.